The molecule has 0 spiro atoms. The molecule has 4 nitrogen and oxygen atoms in total. The van der Waals surface area contributed by atoms with Crippen molar-refractivity contribution >= 4 is 0 Å². The minimum atomic E-state index is 0.415. The molecular formula is C14H23N3O. The lowest BCUT2D eigenvalue weighted by Crippen LogP contribution is -2.50. The maximum Gasteiger partial charge on any atom is 0.121 e. The topological polar surface area (TPSA) is 38.7 Å². The first-order valence-corrected chi connectivity index (χ1v) is 6.52. The molecule has 2 N–H and O–H groups in total. The van der Waals surface area contributed by atoms with E-state index >= 15 is 0 Å². The third kappa shape index (κ3) is 3.22. The highest BCUT2D eigenvalue weighted by Gasteiger charge is 2.13. The molecule has 1 aromatic rings. The summed E-state index contributed by atoms with van der Waals surface area (Å²) in [5, 5.41) is 12.0. The van der Waals surface area contributed by atoms with Crippen LogP contribution in [0.4, 0.5) is 0 Å². The zero-order valence-electron chi connectivity index (χ0n) is 11.5. The molecule has 0 atom stereocenters. The molecule has 0 aliphatic carbocycles. The number of nitrogens with zero attached hydrogens (tertiary/aromatic N) is 2. The first kappa shape index (κ1) is 13.3. The van der Waals surface area contributed by atoms with Crippen molar-refractivity contribution in [3.8, 4) is 5.75 Å². The molecule has 4 heteroatoms. The van der Waals surface area contributed by atoms with Gasteiger partial charge in [0.15, 0.2) is 0 Å². The summed E-state index contributed by atoms with van der Waals surface area (Å²) < 4.78 is 0. The van der Waals surface area contributed by atoms with Crippen LogP contribution in [0.15, 0.2) is 12.1 Å². The van der Waals surface area contributed by atoms with Gasteiger partial charge in [0.25, 0.3) is 0 Å². The van der Waals surface area contributed by atoms with Crippen molar-refractivity contribution in [3.63, 3.8) is 0 Å². The number of nitrogens with one attached hydrogen (secondary N) is 1. The molecule has 1 heterocycles. The highest BCUT2D eigenvalue weighted by atomic mass is 16.3. The predicted octanol–water partition coefficient (Wildman–Crippen LogP) is 1.26. The van der Waals surface area contributed by atoms with Crippen LogP contribution >= 0.6 is 0 Å². The fraction of sp³-hybridized carbons (Fsp3) is 0.571. The van der Waals surface area contributed by atoms with Crippen molar-refractivity contribution in [2.45, 2.75) is 20.4 Å². The molecule has 1 aromatic carbocycles. The largest absolute Gasteiger partial charge is 0.507 e. The Morgan fingerprint density at radius 1 is 1.11 bits per heavy atom. The second-order valence-corrected chi connectivity index (χ2v) is 5.20. The van der Waals surface area contributed by atoms with E-state index in [1.807, 2.05) is 26.0 Å². The van der Waals surface area contributed by atoms with Crippen LogP contribution in [0.5, 0.6) is 5.75 Å². The van der Waals surface area contributed by atoms with Crippen LogP contribution in [-0.2, 0) is 6.54 Å². The van der Waals surface area contributed by atoms with Crippen LogP contribution in [0.2, 0.25) is 0 Å². The van der Waals surface area contributed by atoms with E-state index in [4.69, 9.17) is 0 Å². The van der Waals surface area contributed by atoms with Gasteiger partial charge in [-0.3, -0.25) is 5.43 Å². The highest BCUT2D eigenvalue weighted by Crippen LogP contribution is 2.22. The monoisotopic (exact) mass is 249 g/mol. The first-order chi connectivity index (χ1) is 8.56. The Hall–Kier alpha value is -1.10. The third-order valence-electron chi connectivity index (χ3n) is 3.56. The van der Waals surface area contributed by atoms with E-state index in [0.717, 1.165) is 43.9 Å². The van der Waals surface area contributed by atoms with Gasteiger partial charge in [0.2, 0.25) is 0 Å². The second kappa shape index (κ2) is 5.69. The average Bonchev–Trinajstić information content (AvgIpc) is 2.35. The average molecular weight is 249 g/mol. The Kier molecular flexibility index (Phi) is 4.22. The Labute approximate surface area is 109 Å². The van der Waals surface area contributed by atoms with Crippen LogP contribution in [0, 0.1) is 13.8 Å². The smallest absolute Gasteiger partial charge is 0.121 e. The van der Waals surface area contributed by atoms with Gasteiger partial charge >= 0.3 is 0 Å². The van der Waals surface area contributed by atoms with E-state index in [1.165, 1.54) is 5.56 Å². The van der Waals surface area contributed by atoms with Crippen molar-refractivity contribution in [1.82, 2.24) is 15.3 Å². The number of hydrogen-bond acceptors (Lipinski definition) is 4. The number of benzene rings is 1. The number of aryl methyl sites for hydroxylation is 2. The highest BCUT2D eigenvalue weighted by molar-refractivity contribution is 5.42. The molecule has 100 valence electrons. The SMILES string of the molecule is Cc1cc(CNN2CCN(C)CC2)cc(C)c1O. The first-order valence-electron chi connectivity index (χ1n) is 6.52. The number of hydrogen-bond donors (Lipinski definition) is 2. The lowest BCUT2D eigenvalue weighted by Gasteiger charge is -2.32. The third-order valence-corrected chi connectivity index (χ3v) is 3.56. The van der Waals surface area contributed by atoms with Gasteiger partial charge in [-0.1, -0.05) is 12.1 Å². The molecule has 1 aliphatic rings. The molecular weight excluding hydrogens is 226 g/mol. The van der Waals surface area contributed by atoms with E-state index in [2.05, 4.69) is 22.4 Å². The van der Waals surface area contributed by atoms with Crippen molar-refractivity contribution < 1.29 is 5.11 Å². The lowest BCUT2D eigenvalue weighted by atomic mass is 10.1. The molecule has 2 rings (SSSR count). The molecule has 1 saturated heterocycles. The summed E-state index contributed by atoms with van der Waals surface area (Å²) in [6, 6.07) is 4.09. The predicted molar refractivity (Wildman–Crippen MR) is 73.5 cm³/mol. The zero-order valence-corrected chi connectivity index (χ0v) is 11.5. The van der Waals surface area contributed by atoms with Crippen LogP contribution in [-0.4, -0.2) is 48.2 Å². The molecule has 0 saturated carbocycles. The fourth-order valence-electron chi connectivity index (χ4n) is 2.32. The van der Waals surface area contributed by atoms with E-state index in [9.17, 15) is 5.11 Å². The summed E-state index contributed by atoms with van der Waals surface area (Å²) in [5.41, 5.74) is 6.58. The van der Waals surface area contributed by atoms with E-state index in [0.29, 0.717) is 5.75 Å². The van der Waals surface area contributed by atoms with Crippen LogP contribution in [0.3, 0.4) is 0 Å². The Balaban J connectivity index is 1.90. The van der Waals surface area contributed by atoms with Gasteiger partial charge < -0.3 is 10.0 Å². The zero-order chi connectivity index (χ0) is 13.1. The summed E-state index contributed by atoms with van der Waals surface area (Å²) in [7, 11) is 2.16. The van der Waals surface area contributed by atoms with Crippen molar-refractivity contribution in [1.29, 1.82) is 0 Å². The molecule has 0 amide bonds. The summed E-state index contributed by atoms with van der Waals surface area (Å²) in [5.74, 6) is 0.415. The molecule has 0 unspecified atom stereocenters. The number of piperazine rings is 1. The van der Waals surface area contributed by atoms with Gasteiger partial charge in [-0.05, 0) is 37.6 Å². The molecule has 0 radical (unpaired) electrons. The van der Waals surface area contributed by atoms with E-state index < -0.39 is 0 Å². The normalized spacial score (nSPS) is 18.2. The van der Waals surface area contributed by atoms with Crippen molar-refractivity contribution in [2.75, 3.05) is 33.2 Å². The Bertz CT molecular complexity index is 388. The number of hydrazine groups is 1. The molecule has 18 heavy (non-hydrogen) atoms. The Morgan fingerprint density at radius 2 is 1.67 bits per heavy atom. The number of phenolic OH excluding ortho intramolecular Hbond substituents is 1. The minimum Gasteiger partial charge on any atom is -0.507 e. The van der Waals surface area contributed by atoms with Gasteiger partial charge in [0.05, 0.1) is 0 Å². The number of rotatable bonds is 3. The van der Waals surface area contributed by atoms with E-state index in [1.54, 1.807) is 0 Å². The lowest BCUT2D eigenvalue weighted by molar-refractivity contribution is 0.102. The van der Waals surface area contributed by atoms with Gasteiger partial charge in [0.1, 0.15) is 5.75 Å². The summed E-state index contributed by atoms with van der Waals surface area (Å²) >= 11 is 0. The molecule has 0 bridgehead atoms. The summed E-state index contributed by atoms with van der Waals surface area (Å²) in [6.07, 6.45) is 0. The molecule has 1 fully saturated rings. The second-order valence-electron chi connectivity index (χ2n) is 5.20. The van der Waals surface area contributed by atoms with Gasteiger partial charge in [-0.25, -0.2) is 5.01 Å². The summed E-state index contributed by atoms with van der Waals surface area (Å²) in [4.78, 5) is 2.34. The van der Waals surface area contributed by atoms with Gasteiger partial charge in [-0.2, -0.15) is 0 Å². The fourth-order valence-corrected chi connectivity index (χ4v) is 2.32. The van der Waals surface area contributed by atoms with Crippen molar-refractivity contribution in [3.05, 3.63) is 28.8 Å². The standard InChI is InChI=1S/C14H23N3O/c1-11-8-13(9-12(2)14(11)18)10-15-17-6-4-16(3)5-7-17/h8-9,15,18H,4-7,10H2,1-3H3. The van der Waals surface area contributed by atoms with Crippen LogP contribution in [0.1, 0.15) is 16.7 Å². The van der Waals surface area contributed by atoms with Crippen LogP contribution in [0.25, 0.3) is 0 Å². The maximum absolute atomic E-state index is 9.74. The molecule has 1 aliphatic heterocycles. The quantitative estimate of drug-likeness (QED) is 0.846. The van der Waals surface area contributed by atoms with E-state index in [-0.39, 0.29) is 0 Å². The Morgan fingerprint density at radius 3 is 2.22 bits per heavy atom. The van der Waals surface area contributed by atoms with Crippen molar-refractivity contribution in [2.24, 2.45) is 0 Å². The minimum absolute atomic E-state index is 0.415. The molecule has 0 aromatic heterocycles. The maximum atomic E-state index is 9.74. The number of aromatic hydroxyl groups is 1. The van der Waals surface area contributed by atoms with Gasteiger partial charge in [0, 0.05) is 32.7 Å². The number of likely N-dealkylation sites (N-methyl/N-ethyl adjacent to an activating group) is 1. The van der Waals surface area contributed by atoms with Crippen LogP contribution < -0.4 is 5.43 Å². The van der Waals surface area contributed by atoms with Gasteiger partial charge in [-0.15, -0.1) is 0 Å². The number of phenols is 1. The summed E-state index contributed by atoms with van der Waals surface area (Å²) in [6.45, 7) is 9.06.